The molecule has 7 heteroatoms. The second kappa shape index (κ2) is 6.79. The summed E-state index contributed by atoms with van der Waals surface area (Å²) >= 11 is 2.85. The van der Waals surface area contributed by atoms with Gasteiger partial charge in [-0.1, -0.05) is 29.8 Å². The van der Waals surface area contributed by atoms with Crippen molar-refractivity contribution < 1.29 is 18.0 Å². The van der Waals surface area contributed by atoms with Crippen molar-refractivity contribution in [1.82, 2.24) is 5.32 Å². The molecule has 3 nitrogen and oxygen atoms in total. The molecule has 0 bridgehead atoms. The fraction of sp³-hybridized carbons (Fsp3) is 0.500. The first-order chi connectivity index (χ1) is 9.69. The van der Waals surface area contributed by atoms with Crippen LogP contribution in [0.25, 0.3) is 0 Å². The van der Waals surface area contributed by atoms with Crippen LogP contribution < -0.4 is 11.1 Å². The number of nitrogens with one attached hydrogen (secondary N) is 1. The topological polar surface area (TPSA) is 55.1 Å². The van der Waals surface area contributed by atoms with E-state index in [0.717, 1.165) is 6.07 Å². The summed E-state index contributed by atoms with van der Waals surface area (Å²) in [6, 6.07) is 3.41. The van der Waals surface area contributed by atoms with Gasteiger partial charge in [-0.3, -0.25) is 4.79 Å². The Balaban J connectivity index is 3.09. The Kier molecular flexibility index (Phi) is 5.81. The summed E-state index contributed by atoms with van der Waals surface area (Å²) in [5.41, 5.74) is 4.17. The van der Waals surface area contributed by atoms with Crippen LogP contribution in [0.3, 0.4) is 0 Å². The molecule has 0 aliphatic rings. The molecule has 0 atom stereocenters. The fourth-order valence-corrected chi connectivity index (χ4v) is 2.43. The van der Waals surface area contributed by atoms with Crippen LogP contribution >= 0.6 is 15.9 Å². The molecule has 1 rings (SSSR count). The van der Waals surface area contributed by atoms with Gasteiger partial charge in [0.25, 0.3) is 5.91 Å². The molecule has 118 valence electrons. The maximum atomic E-state index is 12.8. The van der Waals surface area contributed by atoms with E-state index in [4.69, 9.17) is 5.73 Å². The highest BCUT2D eigenvalue weighted by atomic mass is 79.9. The SMILES string of the molecule is CCC(CC)(CN)NC(=O)c1ccc(Br)c(C(F)(F)F)c1. The van der Waals surface area contributed by atoms with Crippen molar-refractivity contribution >= 4 is 21.8 Å². The number of halogens is 4. The van der Waals surface area contributed by atoms with Gasteiger partial charge >= 0.3 is 6.18 Å². The Hall–Kier alpha value is -1.08. The molecule has 0 saturated carbocycles. The van der Waals surface area contributed by atoms with Gasteiger partial charge in [0.1, 0.15) is 0 Å². The van der Waals surface area contributed by atoms with Gasteiger partial charge in [-0.05, 0) is 31.0 Å². The standard InChI is InChI=1S/C14H18BrF3N2O/c1-3-13(4-2,8-19)20-12(21)9-5-6-11(15)10(7-9)14(16,17)18/h5-7H,3-4,8,19H2,1-2H3,(H,20,21). The van der Waals surface area contributed by atoms with Crippen LogP contribution in [0.1, 0.15) is 42.6 Å². The predicted octanol–water partition coefficient (Wildman–Crippen LogP) is 3.72. The lowest BCUT2D eigenvalue weighted by Gasteiger charge is -2.31. The van der Waals surface area contributed by atoms with Gasteiger partial charge in [-0.15, -0.1) is 0 Å². The van der Waals surface area contributed by atoms with Gasteiger partial charge in [0.05, 0.1) is 11.1 Å². The summed E-state index contributed by atoms with van der Waals surface area (Å²) in [5, 5.41) is 2.75. The molecule has 0 aliphatic carbocycles. The minimum absolute atomic E-state index is 0.0368. The molecule has 1 amide bonds. The normalized spacial score (nSPS) is 12.3. The van der Waals surface area contributed by atoms with Gasteiger partial charge in [0.15, 0.2) is 0 Å². The number of benzene rings is 1. The highest BCUT2D eigenvalue weighted by Gasteiger charge is 2.34. The number of rotatable bonds is 5. The first kappa shape index (κ1) is 18.0. The number of alkyl halides is 3. The molecule has 0 aliphatic heterocycles. The largest absolute Gasteiger partial charge is 0.417 e. The van der Waals surface area contributed by atoms with Crippen molar-refractivity contribution in [2.75, 3.05) is 6.54 Å². The molecule has 0 radical (unpaired) electrons. The number of amides is 1. The van der Waals surface area contributed by atoms with E-state index in [0.29, 0.717) is 12.8 Å². The van der Waals surface area contributed by atoms with E-state index in [1.54, 1.807) is 0 Å². The number of carbonyl (C=O) groups excluding carboxylic acids is 1. The molecule has 21 heavy (non-hydrogen) atoms. The van der Waals surface area contributed by atoms with E-state index < -0.39 is 23.2 Å². The summed E-state index contributed by atoms with van der Waals surface area (Å²) in [7, 11) is 0. The third-order valence-corrected chi connectivity index (χ3v) is 4.35. The molecule has 0 unspecified atom stereocenters. The molecule has 0 saturated heterocycles. The molecule has 0 aromatic heterocycles. The average Bonchev–Trinajstić information content (AvgIpc) is 2.44. The second-order valence-electron chi connectivity index (χ2n) is 4.84. The first-order valence-electron chi connectivity index (χ1n) is 6.58. The van der Waals surface area contributed by atoms with Crippen LogP contribution in [0.5, 0.6) is 0 Å². The minimum Gasteiger partial charge on any atom is -0.345 e. The number of hydrogen-bond donors (Lipinski definition) is 2. The van der Waals surface area contributed by atoms with E-state index in [1.165, 1.54) is 12.1 Å². The van der Waals surface area contributed by atoms with Crippen LogP contribution in [-0.2, 0) is 6.18 Å². The summed E-state index contributed by atoms with van der Waals surface area (Å²) in [6.07, 6.45) is -3.31. The third kappa shape index (κ3) is 4.20. The summed E-state index contributed by atoms with van der Waals surface area (Å²) in [6.45, 7) is 3.98. The van der Waals surface area contributed by atoms with Crippen LogP contribution in [0, 0.1) is 0 Å². The van der Waals surface area contributed by atoms with Gasteiger partial charge in [-0.25, -0.2) is 0 Å². The van der Waals surface area contributed by atoms with Crippen molar-refractivity contribution in [2.24, 2.45) is 5.73 Å². The van der Waals surface area contributed by atoms with Crippen LogP contribution in [0.15, 0.2) is 22.7 Å². The smallest absolute Gasteiger partial charge is 0.345 e. The Labute approximate surface area is 130 Å². The third-order valence-electron chi connectivity index (χ3n) is 3.66. The van der Waals surface area contributed by atoms with Gasteiger partial charge < -0.3 is 11.1 Å². The quantitative estimate of drug-likeness (QED) is 0.834. The van der Waals surface area contributed by atoms with Gasteiger partial charge in [0, 0.05) is 16.6 Å². The molecular weight excluding hydrogens is 349 g/mol. The monoisotopic (exact) mass is 366 g/mol. The molecule has 1 aromatic carbocycles. The van der Waals surface area contributed by atoms with Crippen LogP contribution in [0.4, 0.5) is 13.2 Å². The molecule has 0 heterocycles. The van der Waals surface area contributed by atoms with E-state index in [2.05, 4.69) is 21.2 Å². The predicted molar refractivity (Wildman–Crippen MR) is 79.0 cm³/mol. The lowest BCUT2D eigenvalue weighted by Crippen LogP contribution is -2.52. The second-order valence-corrected chi connectivity index (χ2v) is 5.69. The zero-order chi connectivity index (χ0) is 16.3. The molecule has 0 fully saturated rings. The van der Waals surface area contributed by atoms with E-state index >= 15 is 0 Å². The average molecular weight is 367 g/mol. The van der Waals surface area contributed by atoms with E-state index in [1.807, 2.05) is 13.8 Å². The Bertz CT molecular complexity index is 505. The highest BCUT2D eigenvalue weighted by molar-refractivity contribution is 9.10. The van der Waals surface area contributed by atoms with Gasteiger partial charge in [-0.2, -0.15) is 13.2 Å². The summed E-state index contributed by atoms with van der Waals surface area (Å²) in [5.74, 6) is -0.554. The lowest BCUT2D eigenvalue weighted by atomic mass is 9.92. The van der Waals surface area contributed by atoms with Crippen molar-refractivity contribution in [3.8, 4) is 0 Å². The molecule has 3 N–H and O–H groups in total. The van der Waals surface area contributed by atoms with Gasteiger partial charge in [0.2, 0.25) is 0 Å². The number of nitrogens with two attached hydrogens (primary N) is 1. The Morgan fingerprint density at radius 1 is 1.29 bits per heavy atom. The maximum absolute atomic E-state index is 12.8. The summed E-state index contributed by atoms with van der Waals surface area (Å²) < 4.78 is 38.4. The zero-order valence-corrected chi connectivity index (χ0v) is 13.4. The van der Waals surface area contributed by atoms with Crippen molar-refractivity contribution in [3.63, 3.8) is 0 Å². The van der Waals surface area contributed by atoms with Crippen LogP contribution in [-0.4, -0.2) is 18.0 Å². The van der Waals surface area contributed by atoms with Crippen molar-refractivity contribution in [3.05, 3.63) is 33.8 Å². The molecular formula is C14H18BrF3N2O. The molecule has 0 spiro atoms. The summed E-state index contributed by atoms with van der Waals surface area (Å²) in [4.78, 5) is 12.2. The Morgan fingerprint density at radius 2 is 1.86 bits per heavy atom. The highest BCUT2D eigenvalue weighted by Crippen LogP contribution is 2.35. The van der Waals surface area contributed by atoms with Crippen molar-refractivity contribution in [1.29, 1.82) is 0 Å². The fourth-order valence-electron chi connectivity index (χ4n) is 1.96. The first-order valence-corrected chi connectivity index (χ1v) is 7.37. The number of hydrogen-bond acceptors (Lipinski definition) is 2. The van der Waals surface area contributed by atoms with Crippen molar-refractivity contribution in [2.45, 2.75) is 38.4 Å². The lowest BCUT2D eigenvalue weighted by molar-refractivity contribution is -0.138. The maximum Gasteiger partial charge on any atom is 0.417 e. The minimum atomic E-state index is -4.52. The molecule has 1 aromatic rings. The van der Waals surface area contributed by atoms with E-state index in [-0.39, 0.29) is 16.6 Å². The van der Waals surface area contributed by atoms with E-state index in [9.17, 15) is 18.0 Å². The Morgan fingerprint density at radius 3 is 2.29 bits per heavy atom. The number of carbonyl (C=O) groups is 1. The van der Waals surface area contributed by atoms with Crippen LogP contribution in [0.2, 0.25) is 0 Å². The zero-order valence-electron chi connectivity index (χ0n) is 11.9.